The lowest BCUT2D eigenvalue weighted by atomic mass is 9.89. The van der Waals surface area contributed by atoms with Crippen LogP contribution < -0.4 is 5.73 Å². The molecule has 0 radical (unpaired) electrons. The number of primary amides is 1. The average molecular weight is 364 g/mol. The first kappa shape index (κ1) is 16.8. The highest BCUT2D eigenvalue weighted by atomic mass is 19.1. The first-order valence-corrected chi connectivity index (χ1v) is 8.17. The van der Waals surface area contributed by atoms with Crippen LogP contribution in [0.2, 0.25) is 0 Å². The third-order valence-electron chi connectivity index (χ3n) is 4.42. The summed E-state index contributed by atoms with van der Waals surface area (Å²) in [6.45, 7) is 0. The lowest BCUT2D eigenvalue weighted by molar-refractivity contribution is -0.118. The van der Waals surface area contributed by atoms with Crippen LogP contribution in [-0.2, 0) is 4.79 Å². The maximum absolute atomic E-state index is 14.1. The zero-order valence-electron chi connectivity index (χ0n) is 14.0. The largest absolute Gasteiger partial charge is 0.369 e. The zero-order chi connectivity index (χ0) is 19.0. The molecule has 27 heavy (non-hydrogen) atoms. The number of aromatic nitrogens is 3. The van der Waals surface area contributed by atoms with E-state index in [1.807, 2.05) is 24.3 Å². The van der Waals surface area contributed by atoms with Crippen LogP contribution in [0.4, 0.5) is 8.78 Å². The molecule has 0 fully saturated rings. The minimum absolute atomic E-state index is 0.0431. The number of carbonyl (C=O) groups is 1. The van der Waals surface area contributed by atoms with Crippen molar-refractivity contribution in [2.75, 3.05) is 0 Å². The van der Waals surface area contributed by atoms with Crippen molar-refractivity contribution < 1.29 is 13.6 Å². The SMILES string of the molecule is NC(=O)C(c1ccc(-c2ccn3ncnc3c2)cc1)c1ccc(F)cc1F. The number of hydrogen-bond acceptors (Lipinski definition) is 3. The fourth-order valence-corrected chi connectivity index (χ4v) is 3.10. The molecule has 4 aromatic rings. The molecule has 2 aromatic carbocycles. The maximum Gasteiger partial charge on any atom is 0.229 e. The predicted molar refractivity (Wildman–Crippen MR) is 95.8 cm³/mol. The van der Waals surface area contributed by atoms with Gasteiger partial charge in [-0.1, -0.05) is 30.3 Å². The molecule has 0 aliphatic rings. The van der Waals surface area contributed by atoms with E-state index in [4.69, 9.17) is 5.73 Å². The maximum atomic E-state index is 14.1. The highest BCUT2D eigenvalue weighted by molar-refractivity contribution is 5.86. The van der Waals surface area contributed by atoms with Gasteiger partial charge in [0.15, 0.2) is 5.65 Å². The van der Waals surface area contributed by atoms with Gasteiger partial charge in [0.1, 0.15) is 18.0 Å². The highest BCUT2D eigenvalue weighted by Crippen LogP contribution is 2.29. The summed E-state index contributed by atoms with van der Waals surface area (Å²) in [7, 11) is 0. The van der Waals surface area contributed by atoms with E-state index in [0.717, 1.165) is 23.3 Å². The van der Waals surface area contributed by atoms with Crippen molar-refractivity contribution in [3.8, 4) is 11.1 Å². The van der Waals surface area contributed by atoms with Crippen LogP contribution in [0.5, 0.6) is 0 Å². The van der Waals surface area contributed by atoms with Crippen LogP contribution in [0.3, 0.4) is 0 Å². The lowest BCUT2D eigenvalue weighted by Crippen LogP contribution is -2.23. The molecule has 1 unspecified atom stereocenters. The van der Waals surface area contributed by atoms with Gasteiger partial charge in [0.2, 0.25) is 5.91 Å². The molecular weight excluding hydrogens is 350 g/mol. The van der Waals surface area contributed by atoms with Gasteiger partial charge in [-0.2, -0.15) is 5.10 Å². The lowest BCUT2D eigenvalue weighted by Gasteiger charge is -2.16. The van der Waals surface area contributed by atoms with Crippen molar-refractivity contribution in [2.45, 2.75) is 5.92 Å². The van der Waals surface area contributed by atoms with E-state index in [1.165, 1.54) is 12.4 Å². The molecule has 2 aromatic heterocycles. The van der Waals surface area contributed by atoms with Crippen molar-refractivity contribution in [2.24, 2.45) is 5.73 Å². The number of pyridine rings is 1. The second kappa shape index (κ2) is 6.60. The van der Waals surface area contributed by atoms with Gasteiger partial charge in [-0.3, -0.25) is 4.79 Å². The summed E-state index contributed by atoms with van der Waals surface area (Å²) >= 11 is 0. The Kier molecular flexibility index (Phi) is 4.12. The normalized spacial score (nSPS) is 12.2. The van der Waals surface area contributed by atoms with Crippen molar-refractivity contribution >= 4 is 11.6 Å². The van der Waals surface area contributed by atoms with E-state index in [0.29, 0.717) is 11.2 Å². The van der Waals surface area contributed by atoms with E-state index >= 15 is 0 Å². The van der Waals surface area contributed by atoms with Gasteiger partial charge < -0.3 is 5.73 Å². The van der Waals surface area contributed by atoms with Crippen molar-refractivity contribution in [3.05, 3.63) is 89.9 Å². The number of benzene rings is 2. The Bertz CT molecular complexity index is 1140. The van der Waals surface area contributed by atoms with Gasteiger partial charge >= 0.3 is 0 Å². The molecule has 0 aliphatic heterocycles. The van der Waals surface area contributed by atoms with Crippen LogP contribution in [0.25, 0.3) is 16.8 Å². The molecular formula is C20H14F2N4O. The number of carbonyl (C=O) groups excluding carboxylic acids is 1. The summed E-state index contributed by atoms with van der Waals surface area (Å²) in [6, 6.07) is 13.9. The van der Waals surface area contributed by atoms with Crippen LogP contribution in [-0.4, -0.2) is 20.5 Å². The van der Waals surface area contributed by atoms with Gasteiger partial charge in [0.05, 0.1) is 5.92 Å². The molecule has 2 N–H and O–H groups in total. The average Bonchev–Trinajstić information content (AvgIpc) is 3.12. The molecule has 1 atom stereocenters. The first-order valence-electron chi connectivity index (χ1n) is 8.17. The summed E-state index contributed by atoms with van der Waals surface area (Å²) in [5, 5.41) is 4.05. The molecule has 4 rings (SSSR count). The molecule has 2 heterocycles. The van der Waals surface area contributed by atoms with E-state index in [1.54, 1.807) is 22.8 Å². The van der Waals surface area contributed by atoms with Gasteiger partial charge in [-0.15, -0.1) is 0 Å². The number of nitrogens with two attached hydrogens (primary N) is 1. The number of amides is 1. The van der Waals surface area contributed by atoms with Crippen LogP contribution in [0, 0.1) is 11.6 Å². The Morgan fingerprint density at radius 1 is 1.00 bits per heavy atom. The number of hydrogen-bond donors (Lipinski definition) is 1. The number of fused-ring (bicyclic) bond motifs is 1. The standard InChI is InChI=1S/C20H14F2N4O/c21-15-5-6-16(17(22)10-15)19(20(23)27)13-3-1-12(2-4-13)14-7-8-26-18(9-14)24-11-25-26/h1-11,19H,(H2,23,27). The van der Waals surface area contributed by atoms with E-state index in [-0.39, 0.29) is 5.56 Å². The van der Waals surface area contributed by atoms with E-state index in [2.05, 4.69) is 10.1 Å². The monoisotopic (exact) mass is 364 g/mol. The molecule has 0 spiro atoms. The number of nitrogens with zero attached hydrogens (tertiary/aromatic N) is 3. The Hall–Kier alpha value is -3.61. The summed E-state index contributed by atoms with van der Waals surface area (Å²) in [5.74, 6) is -3.23. The molecule has 0 bridgehead atoms. The molecule has 0 aliphatic carbocycles. The van der Waals surface area contributed by atoms with Gasteiger partial charge in [0, 0.05) is 17.8 Å². The fourth-order valence-electron chi connectivity index (χ4n) is 3.10. The Balaban J connectivity index is 1.71. The highest BCUT2D eigenvalue weighted by Gasteiger charge is 2.23. The fraction of sp³-hybridized carbons (Fsp3) is 0.0500. The van der Waals surface area contributed by atoms with Crippen LogP contribution >= 0.6 is 0 Å². The molecule has 7 heteroatoms. The van der Waals surface area contributed by atoms with E-state index < -0.39 is 23.5 Å². The summed E-state index contributed by atoms with van der Waals surface area (Å²) in [4.78, 5) is 16.1. The molecule has 5 nitrogen and oxygen atoms in total. The predicted octanol–water partition coefficient (Wildman–Crippen LogP) is 3.29. The first-order chi connectivity index (χ1) is 13.0. The third kappa shape index (κ3) is 3.15. The summed E-state index contributed by atoms with van der Waals surface area (Å²) < 4.78 is 29.0. The second-order valence-corrected chi connectivity index (χ2v) is 6.10. The molecule has 0 saturated heterocycles. The Morgan fingerprint density at radius 3 is 2.48 bits per heavy atom. The molecule has 134 valence electrons. The van der Waals surface area contributed by atoms with Crippen molar-refractivity contribution in [3.63, 3.8) is 0 Å². The molecule has 1 amide bonds. The Morgan fingerprint density at radius 2 is 1.78 bits per heavy atom. The Labute approximate surface area is 153 Å². The van der Waals surface area contributed by atoms with E-state index in [9.17, 15) is 13.6 Å². The van der Waals surface area contributed by atoms with Gasteiger partial charge in [-0.25, -0.2) is 18.3 Å². The second-order valence-electron chi connectivity index (χ2n) is 6.10. The van der Waals surface area contributed by atoms with Crippen molar-refractivity contribution in [1.29, 1.82) is 0 Å². The summed E-state index contributed by atoms with van der Waals surface area (Å²) in [6.07, 6.45) is 3.27. The summed E-state index contributed by atoms with van der Waals surface area (Å²) in [5.41, 5.74) is 8.59. The number of halogens is 2. The third-order valence-corrected chi connectivity index (χ3v) is 4.42. The van der Waals surface area contributed by atoms with Gasteiger partial charge in [-0.05, 0) is 34.9 Å². The minimum atomic E-state index is -1.00. The van der Waals surface area contributed by atoms with Gasteiger partial charge in [0.25, 0.3) is 0 Å². The van der Waals surface area contributed by atoms with Crippen LogP contribution in [0.15, 0.2) is 67.1 Å². The number of rotatable bonds is 4. The minimum Gasteiger partial charge on any atom is -0.369 e. The zero-order valence-corrected chi connectivity index (χ0v) is 14.0. The molecule has 0 saturated carbocycles. The smallest absolute Gasteiger partial charge is 0.229 e. The topological polar surface area (TPSA) is 73.3 Å². The quantitative estimate of drug-likeness (QED) is 0.604. The van der Waals surface area contributed by atoms with Crippen LogP contribution in [0.1, 0.15) is 17.0 Å². The van der Waals surface area contributed by atoms with Crippen molar-refractivity contribution in [1.82, 2.24) is 14.6 Å².